The van der Waals surface area contributed by atoms with Gasteiger partial charge < -0.3 is 24.7 Å². The molecule has 4 N–H and O–H groups in total. The lowest BCUT2D eigenvalue weighted by Gasteiger charge is -2.28. The van der Waals surface area contributed by atoms with Crippen molar-refractivity contribution >= 4 is 0 Å². The van der Waals surface area contributed by atoms with Gasteiger partial charge in [-0.1, -0.05) is 12.1 Å². The van der Waals surface area contributed by atoms with Crippen LogP contribution in [0, 0.1) is 0 Å². The molecule has 2 aromatic rings. The van der Waals surface area contributed by atoms with Crippen molar-refractivity contribution in [2.45, 2.75) is 45.1 Å². The molecular formula is C23H35N3O3+2. The van der Waals surface area contributed by atoms with Gasteiger partial charge in [0.1, 0.15) is 38.1 Å². The molecular weight excluding hydrogens is 366 g/mol. The largest absolute Gasteiger partial charge is 0.491 e. The van der Waals surface area contributed by atoms with Gasteiger partial charge in [0.2, 0.25) is 0 Å². The van der Waals surface area contributed by atoms with Gasteiger partial charge in [-0.15, -0.1) is 0 Å². The minimum absolute atomic E-state index is 0.168. The van der Waals surface area contributed by atoms with Crippen LogP contribution in [-0.2, 0) is 13.1 Å². The second-order valence-electron chi connectivity index (χ2n) is 8.11. The number of pyridine rings is 1. The van der Waals surface area contributed by atoms with Crippen LogP contribution in [0.3, 0.4) is 0 Å². The highest BCUT2D eigenvalue weighted by molar-refractivity contribution is 5.28. The molecule has 2 unspecified atom stereocenters. The number of hydrogen-bond donors (Lipinski definition) is 4. The van der Waals surface area contributed by atoms with E-state index in [0.29, 0.717) is 13.2 Å². The summed E-state index contributed by atoms with van der Waals surface area (Å²) in [5.41, 5.74) is 2.53. The quantitative estimate of drug-likeness (QED) is 0.432. The molecule has 158 valence electrons. The molecule has 29 heavy (non-hydrogen) atoms. The van der Waals surface area contributed by atoms with E-state index in [4.69, 9.17) is 4.74 Å². The minimum Gasteiger partial charge on any atom is -0.491 e. The molecule has 6 heteroatoms. The summed E-state index contributed by atoms with van der Waals surface area (Å²) in [6.07, 6.45) is 4.67. The number of aromatic nitrogens is 1. The lowest BCUT2D eigenvalue weighted by Crippen LogP contribution is -3.14. The fourth-order valence-corrected chi connectivity index (χ4v) is 3.94. The van der Waals surface area contributed by atoms with Gasteiger partial charge in [-0.2, -0.15) is 0 Å². The topological polar surface area (TPSA) is 71.5 Å². The van der Waals surface area contributed by atoms with Gasteiger partial charge in [0, 0.05) is 36.4 Å². The van der Waals surface area contributed by atoms with E-state index in [9.17, 15) is 10.2 Å². The molecule has 3 rings (SSSR count). The Bertz CT molecular complexity index is 720. The number of hydrogen-bond acceptors (Lipinski definition) is 4. The summed E-state index contributed by atoms with van der Waals surface area (Å²) < 4.78 is 5.87. The van der Waals surface area contributed by atoms with E-state index in [1.54, 1.807) is 0 Å². The van der Waals surface area contributed by atoms with Gasteiger partial charge in [-0.3, -0.25) is 4.98 Å². The van der Waals surface area contributed by atoms with Crippen molar-refractivity contribution in [2.75, 3.05) is 32.8 Å². The van der Waals surface area contributed by atoms with Crippen LogP contribution < -0.4 is 14.5 Å². The molecule has 0 amide bonds. The molecule has 0 radical (unpaired) electrons. The Hall–Kier alpha value is -1.99. The Kier molecular flexibility index (Phi) is 8.43. The third-order valence-corrected chi connectivity index (χ3v) is 5.68. The molecule has 1 saturated heterocycles. The lowest BCUT2D eigenvalue weighted by molar-refractivity contribution is -0.925. The highest BCUT2D eigenvalue weighted by Gasteiger charge is 2.22. The van der Waals surface area contributed by atoms with E-state index in [2.05, 4.69) is 36.2 Å². The Labute approximate surface area is 173 Å². The number of likely N-dealkylation sites (tertiary alicyclic amines) is 1. The summed E-state index contributed by atoms with van der Waals surface area (Å²) in [6.45, 7) is 7.95. The highest BCUT2D eigenvalue weighted by Crippen LogP contribution is 2.13. The Morgan fingerprint density at radius 2 is 1.86 bits per heavy atom. The third-order valence-electron chi connectivity index (χ3n) is 5.68. The molecule has 0 saturated carbocycles. The first-order valence-electron chi connectivity index (χ1n) is 10.8. The van der Waals surface area contributed by atoms with Crippen LogP contribution in [0.25, 0.3) is 0 Å². The lowest BCUT2D eigenvalue weighted by atomic mass is 10.1. The standard InChI is InChI=1S/C23H33N3O3/c1-2-25(15-19-6-10-24-11-7-19)16-20-4-3-5-23(14-20)29-18-22(28)17-26-12-8-21(27)9-13-26/h3-7,10-11,14,21-22,27-28H,2,8-9,12-13,15-18H2,1H3/p+2. The van der Waals surface area contributed by atoms with E-state index in [0.717, 1.165) is 51.3 Å². The number of benzene rings is 1. The molecule has 6 nitrogen and oxygen atoms in total. The maximum Gasteiger partial charge on any atom is 0.137 e. The van der Waals surface area contributed by atoms with Gasteiger partial charge in [-0.25, -0.2) is 0 Å². The van der Waals surface area contributed by atoms with Crippen LogP contribution in [0.5, 0.6) is 5.75 Å². The Balaban J connectivity index is 1.47. The molecule has 0 bridgehead atoms. The molecule has 2 atom stereocenters. The molecule has 0 spiro atoms. The zero-order valence-electron chi connectivity index (χ0n) is 17.4. The number of quaternary nitrogens is 2. The molecule has 1 aliphatic rings. The predicted molar refractivity (Wildman–Crippen MR) is 112 cm³/mol. The Morgan fingerprint density at radius 1 is 1.14 bits per heavy atom. The summed E-state index contributed by atoms with van der Waals surface area (Å²) >= 11 is 0. The maximum atomic E-state index is 10.3. The van der Waals surface area contributed by atoms with Gasteiger partial charge in [0.25, 0.3) is 0 Å². The van der Waals surface area contributed by atoms with Gasteiger partial charge in [0.05, 0.1) is 25.7 Å². The van der Waals surface area contributed by atoms with Crippen molar-refractivity contribution in [3.8, 4) is 5.75 Å². The number of nitrogens with one attached hydrogen (secondary N) is 2. The van der Waals surface area contributed by atoms with E-state index >= 15 is 0 Å². The fourth-order valence-electron chi connectivity index (χ4n) is 3.94. The summed E-state index contributed by atoms with van der Waals surface area (Å²) in [4.78, 5) is 6.91. The first-order valence-corrected chi connectivity index (χ1v) is 10.8. The van der Waals surface area contributed by atoms with Gasteiger partial charge >= 0.3 is 0 Å². The average molecular weight is 402 g/mol. The smallest absolute Gasteiger partial charge is 0.137 e. The van der Waals surface area contributed by atoms with Crippen LogP contribution in [0.15, 0.2) is 48.8 Å². The fraction of sp³-hybridized carbons (Fsp3) is 0.522. The second-order valence-corrected chi connectivity index (χ2v) is 8.11. The Morgan fingerprint density at radius 3 is 2.59 bits per heavy atom. The third kappa shape index (κ3) is 7.40. The zero-order chi connectivity index (χ0) is 20.5. The van der Waals surface area contributed by atoms with Crippen LogP contribution in [0.4, 0.5) is 0 Å². The van der Waals surface area contributed by atoms with Crippen LogP contribution >= 0.6 is 0 Å². The average Bonchev–Trinajstić information content (AvgIpc) is 2.74. The van der Waals surface area contributed by atoms with Crippen molar-refractivity contribution in [3.63, 3.8) is 0 Å². The van der Waals surface area contributed by atoms with Crippen molar-refractivity contribution in [1.82, 2.24) is 4.98 Å². The van der Waals surface area contributed by atoms with E-state index in [1.807, 2.05) is 24.5 Å². The number of aliphatic hydroxyl groups excluding tert-OH is 2. The van der Waals surface area contributed by atoms with Gasteiger partial charge in [-0.05, 0) is 31.2 Å². The summed E-state index contributed by atoms with van der Waals surface area (Å²) in [7, 11) is 0. The highest BCUT2D eigenvalue weighted by atomic mass is 16.5. The number of piperidine rings is 1. The number of nitrogens with zero attached hydrogens (tertiary/aromatic N) is 1. The molecule has 1 aromatic carbocycles. The van der Waals surface area contributed by atoms with Crippen molar-refractivity contribution in [1.29, 1.82) is 0 Å². The zero-order valence-corrected chi connectivity index (χ0v) is 17.4. The molecule has 1 aliphatic heterocycles. The number of aliphatic hydroxyl groups is 2. The normalized spacial score (nSPS) is 21.5. The van der Waals surface area contributed by atoms with E-state index in [-0.39, 0.29) is 6.10 Å². The predicted octanol–water partition coefficient (Wildman–Crippen LogP) is -0.534. The van der Waals surface area contributed by atoms with Crippen molar-refractivity contribution in [2.24, 2.45) is 0 Å². The first-order chi connectivity index (χ1) is 14.1. The SMILES string of the molecule is CC[NH+](Cc1ccncc1)Cc1cccc(OCC(O)C[NH+]2CCC(O)CC2)c1. The van der Waals surface area contributed by atoms with Crippen LogP contribution in [0.1, 0.15) is 30.9 Å². The van der Waals surface area contributed by atoms with Crippen molar-refractivity contribution < 1.29 is 24.7 Å². The van der Waals surface area contributed by atoms with Crippen LogP contribution in [-0.4, -0.2) is 60.2 Å². The maximum absolute atomic E-state index is 10.3. The summed E-state index contributed by atoms with van der Waals surface area (Å²) in [6, 6.07) is 12.3. The number of ether oxygens (including phenoxy) is 1. The molecule has 1 fully saturated rings. The minimum atomic E-state index is -0.492. The first kappa shape index (κ1) is 21.7. The molecule has 0 aliphatic carbocycles. The van der Waals surface area contributed by atoms with Crippen LogP contribution in [0.2, 0.25) is 0 Å². The van der Waals surface area contributed by atoms with E-state index < -0.39 is 6.10 Å². The van der Waals surface area contributed by atoms with E-state index in [1.165, 1.54) is 20.9 Å². The van der Waals surface area contributed by atoms with Crippen molar-refractivity contribution in [3.05, 3.63) is 59.9 Å². The number of rotatable bonds is 10. The van der Waals surface area contributed by atoms with Gasteiger partial charge in [0.15, 0.2) is 0 Å². The monoisotopic (exact) mass is 401 g/mol. The molecule has 1 aromatic heterocycles. The summed E-state index contributed by atoms with van der Waals surface area (Å²) in [5.74, 6) is 0.810. The molecule has 2 heterocycles. The second kappa shape index (κ2) is 11.3. The summed E-state index contributed by atoms with van der Waals surface area (Å²) in [5, 5.41) is 19.9.